The molecule has 15 heavy (non-hydrogen) atoms. The maximum Gasteiger partial charge on any atom is 0.157 e. The van der Waals surface area contributed by atoms with Crippen LogP contribution in [0.1, 0.15) is 0 Å². The number of amidine groups is 1. The summed E-state index contributed by atoms with van der Waals surface area (Å²) >= 11 is 1.26. The summed E-state index contributed by atoms with van der Waals surface area (Å²) in [5.74, 6) is 0. The number of hydrogen-bond acceptors (Lipinski definition) is 7. The van der Waals surface area contributed by atoms with Crippen LogP contribution in [0.4, 0.5) is 0 Å². The van der Waals surface area contributed by atoms with Crippen molar-refractivity contribution in [1.29, 1.82) is 0 Å². The van der Waals surface area contributed by atoms with Crippen molar-refractivity contribution in [3.05, 3.63) is 0 Å². The van der Waals surface area contributed by atoms with Gasteiger partial charge in [-0.25, -0.2) is 0 Å². The van der Waals surface area contributed by atoms with E-state index in [1.54, 1.807) is 0 Å². The number of methoxy groups -OCH3 is 1. The van der Waals surface area contributed by atoms with Gasteiger partial charge < -0.3 is 25.4 Å². The molecule has 1 fully saturated rings. The smallest absolute Gasteiger partial charge is 0.157 e. The van der Waals surface area contributed by atoms with Crippen molar-refractivity contribution in [2.75, 3.05) is 13.7 Å². The highest BCUT2D eigenvalue weighted by molar-refractivity contribution is 8.14. The molecule has 0 spiro atoms. The fourth-order valence-corrected chi connectivity index (χ4v) is 2.85. The second kappa shape index (κ2) is 4.26. The largest absolute Gasteiger partial charge is 0.394 e. The molecule has 2 aliphatic rings. The molecule has 4 N–H and O–H groups in total. The van der Waals surface area contributed by atoms with Gasteiger partial charge in [-0.2, -0.15) is 0 Å². The first kappa shape index (κ1) is 11.2. The predicted octanol–water partition coefficient (Wildman–Crippen LogP) is -1.49. The normalized spacial score (nSPS) is 45.0. The maximum absolute atomic E-state index is 9.97. The zero-order valence-corrected chi connectivity index (χ0v) is 9.05. The highest BCUT2D eigenvalue weighted by Gasteiger charge is 2.48. The number of fused-ring (bicyclic) bond motifs is 1. The van der Waals surface area contributed by atoms with Gasteiger partial charge in [0.2, 0.25) is 0 Å². The van der Waals surface area contributed by atoms with Crippen molar-refractivity contribution in [3.63, 3.8) is 0 Å². The molecule has 86 valence electrons. The van der Waals surface area contributed by atoms with Crippen LogP contribution in [0.2, 0.25) is 0 Å². The molecule has 0 aromatic carbocycles. The molecule has 0 amide bonds. The van der Waals surface area contributed by atoms with E-state index in [2.05, 4.69) is 4.99 Å². The Balaban J connectivity index is 2.16. The number of nitrogens with zero attached hydrogens (tertiary/aromatic N) is 1. The first-order valence-corrected chi connectivity index (χ1v) is 5.52. The van der Waals surface area contributed by atoms with E-state index in [0.29, 0.717) is 5.17 Å². The number of thioether (sulfide) groups is 1. The highest BCUT2D eigenvalue weighted by Crippen LogP contribution is 2.35. The third-order valence-corrected chi connectivity index (χ3v) is 3.58. The molecule has 0 saturated carbocycles. The van der Waals surface area contributed by atoms with Crippen LogP contribution >= 0.6 is 11.8 Å². The SMILES string of the molecule is COC1C(CO)OC2SC(N)=NC2C1O. The van der Waals surface area contributed by atoms with Crippen molar-refractivity contribution < 1.29 is 19.7 Å². The summed E-state index contributed by atoms with van der Waals surface area (Å²) in [6.45, 7) is -0.195. The molecule has 2 heterocycles. The van der Waals surface area contributed by atoms with E-state index in [4.69, 9.17) is 20.3 Å². The average Bonchev–Trinajstić information content (AvgIpc) is 2.59. The number of aliphatic hydroxyl groups is 2. The Morgan fingerprint density at radius 1 is 1.67 bits per heavy atom. The lowest BCUT2D eigenvalue weighted by atomic mass is 9.98. The van der Waals surface area contributed by atoms with Crippen molar-refractivity contribution in [1.82, 2.24) is 0 Å². The molecule has 5 unspecified atom stereocenters. The number of aliphatic hydroxyl groups excluding tert-OH is 2. The molecule has 0 bridgehead atoms. The summed E-state index contributed by atoms with van der Waals surface area (Å²) in [7, 11) is 1.47. The minimum Gasteiger partial charge on any atom is -0.394 e. The van der Waals surface area contributed by atoms with Gasteiger partial charge in [0, 0.05) is 7.11 Å². The topological polar surface area (TPSA) is 97.3 Å². The van der Waals surface area contributed by atoms with Gasteiger partial charge in [-0.1, -0.05) is 11.8 Å². The minimum absolute atomic E-state index is 0.195. The van der Waals surface area contributed by atoms with E-state index < -0.39 is 24.4 Å². The van der Waals surface area contributed by atoms with Gasteiger partial charge in [0.1, 0.15) is 29.8 Å². The van der Waals surface area contributed by atoms with Crippen LogP contribution in [0.25, 0.3) is 0 Å². The van der Waals surface area contributed by atoms with Gasteiger partial charge in [-0.15, -0.1) is 0 Å². The summed E-state index contributed by atoms with van der Waals surface area (Å²) in [6, 6.07) is -0.400. The molecule has 5 atom stereocenters. The zero-order chi connectivity index (χ0) is 11.0. The van der Waals surface area contributed by atoms with E-state index in [0.717, 1.165) is 0 Å². The fourth-order valence-electron chi connectivity index (χ4n) is 1.87. The Hall–Kier alpha value is -0.340. The Labute approximate surface area is 91.5 Å². The quantitative estimate of drug-likeness (QED) is 0.538. The molecule has 1 saturated heterocycles. The Morgan fingerprint density at radius 2 is 2.40 bits per heavy atom. The van der Waals surface area contributed by atoms with Crippen LogP contribution in [-0.2, 0) is 9.47 Å². The highest BCUT2D eigenvalue weighted by atomic mass is 32.2. The minimum atomic E-state index is -0.792. The lowest BCUT2D eigenvalue weighted by molar-refractivity contribution is -0.175. The van der Waals surface area contributed by atoms with Gasteiger partial charge in [-0.3, -0.25) is 4.99 Å². The summed E-state index contributed by atoms with van der Waals surface area (Å²) in [5, 5.41) is 19.5. The molecular formula is C8H14N2O4S. The van der Waals surface area contributed by atoms with Gasteiger partial charge in [0.25, 0.3) is 0 Å². The van der Waals surface area contributed by atoms with Crippen LogP contribution in [0.3, 0.4) is 0 Å². The van der Waals surface area contributed by atoms with Gasteiger partial charge >= 0.3 is 0 Å². The number of nitrogens with two attached hydrogens (primary N) is 1. The molecule has 2 aliphatic heterocycles. The monoisotopic (exact) mass is 234 g/mol. The Morgan fingerprint density at radius 3 is 3.00 bits per heavy atom. The Kier molecular flexibility index (Phi) is 3.17. The number of hydrogen-bond donors (Lipinski definition) is 3. The van der Waals surface area contributed by atoms with E-state index >= 15 is 0 Å². The molecule has 7 heteroatoms. The molecule has 0 radical (unpaired) electrons. The van der Waals surface area contributed by atoms with Crippen LogP contribution in [0.5, 0.6) is 0 Å². The molecule has 0 aromatic rings. The molecular weight excluding hydrogens is 220 g/mol. The van der Waals surface area contributed by atoms with Crippen molar-refractivity contribution >= 4 is 16.9 Å². The van der Waals surface area contributed by atoms with Crippen LogP contribution < -0.4 is 5.73 Å². The predicted molar refractivity (Wildman–Crippen MR) is 55.6 cm³/mol. The van der Waals surface area contributed by atoms with Crippen LogP contribution in [-0.4, -0.2) is 58.9 Å². The molecule has 2 rings (SSSR count). The Bertz CT molecular complexity index is 275. The fraction of sp³-hybridized carbons (Fsp3) is 0.875. The first-order chi connectivity index (χ1) is 7.17. The molecule has 0 aliphatic carbocycles. The molecule has 6 nitrogen and oxygen atoms in total. The van der Waals surface area contributed by atoms with Crippen molar-refractivity contribution in [2.45, 2.75) is 29.8 Å². The molecule has 0 aromatic heterocycles. The number of aliphatic imine (C=N–C) groups is 1. The van der Waals surface area contributed by atoms with Gasteiger partial charge in [0.05, 0.1) is 6.61 Å². The third-order valence-electron chi connectivity index (χ3n) is 2.61. The van der Waals surface area contributed by atoms with Crippen LogP contribution in [0.15, 0.2) is 4.99 Å². The van der Waals surface area contributed by atoms with Crippen LogP contribution in [0, 0.1) is 0 Å². The summed E-state index contributed by atoms with van der Waals surface area (Å²) in [4.78, 5) is 4.08. The van der Waals surface area contributed by atoms with E-state index in [-0.39, 0.29) is 12.0 Å². The summed E-state index contributed by atoms with van der Waals surface area (Å²) < 4.78 is 10.6. The number of ether oxygens (including phenoxy) is 2. The van der Waals surface area contributed by atoms with Crippen molar-refractivity contribution in [3.8, 4) is 0 Å². The maximum atomic E-state index is 9.97. The second-order valence-corrected chi connectivity index (χ2v) is 4.61. The van der Waals surface area contributed by atoms with Gasteiger partial charge in [-0.05, 0) is 0 Å². The van der Waals surface area contributed by atoms with E-state index in [1.807, 2.05) is 0 Å². The lowest BCUT2D eigenvalue weighted by Crippen LogP contribution is -2.56. The zero-order valence-electron chi connectivity index (χ0n) is 8.24. The van der Waals surface area contributed by atoms with Gasteiger partial charge in [0.15, 0.2) is 5.17 Å². The number of rotatable bonds is 2. The third kappa shape index (κ3) is 1.85. The van der Waals surface area contributed by atoms with Crippen molar-refractivity contribution in [2.24, 2.45) is 10.7 Å². The van der Waals surface area contributed by atoms with E-state index in [1.165, 1.54) is 18.9 Å². The van der Waals surface area contributed by atoms with E-state index in [9.17, 15) is 5.11 Å². The lowest BCUT2D eigenvalue weighted by Gasteiger charge is -2.39. The first-order valence-electron chi connectivity index (χ1n) is 4.64. The average molecular weight is 234 g/mol. The summed E-state index contributed by atoms with van der Waals surface area (Å²) in [6.07, 6.45) is -1.88. The summed E-state index contributed by atoms with van der Waals surface area (Å²) in [5.41, 5.74) is 5.23. The second-order valence-electron chi connectivity index (χ2n) is 3.49. The standard InChI is InChI=1S/C8H14N2O4S/c1-13-6-3(2-11)14-7-4(5(6)12)10-8(9)15-7/h3-7,11-12H,2H2,1H3,(H2,9,10).